The normalized spacial score (nSPS) is 14.2. The van der Waals surface area contributed by atoms with Gasteiger partial charge in [0.2, 0.25) is 11.7 Å². The fraction of sp³-hybridized carbons (Fsp3) is 0.0741. The SMILES string of the molecule is Cc1cccc(-c2noc(-c3scc4c3NC(=O)C4(c3ccccc3)c3ccccc3)n2)c1. The second-order valence-electron chi connectivity index (χ2n) is 8.08. The molecule has 0 spiro atoms. The maximum atomic E-state index is 13.7. The first-order valence-corrected chi connectivity index (χ1v) is 11.5. The first kappa shape index (κ1) is 19.6. The number of hydrogen-bond acceptors (Lipinski definition) is 5. The van der Waals surface area contributed by atoms with Crippen LogP contribution in [0.5, 0.6) is 0 Å². The number of benzene rings is 3. The third-order valence-corrected chi connectivity index (χ3v) is 7.05. The third-order valence-electron chi connectivity index (χ3n) is 6.08. The second kappa shape index (κ2) is 7.53. The van der Waals surface area contributed by atoms with E-state index in [0.717, 1.165) is 38.4 Å². The number of nitrogens with one attached hydrogen (secondary N) is 1. The Balaban J connectivity index is 1.51. The molecule has 1 aliphatic heterocycles. The minimum Gasteiger partial charge on any atom is -0.333 e. The van der Waals surface area contributed by atoms with E-state index in [2.05, 4.69) is 15.5 Å². The topological polar surface area (TPSA) is 68.0 Å². The Morgan fingerprint density at radius 2 is 1.61 bits per heavy atom. The maximum Gasteiger partial charge on any atom is 0.270 e. The van der Waals surface area contributed by atoms with E-state index in [1.807, 2.05) is 97.2 Å². The minimum absolute atomic E-state index is 0.0858. The minimum atomic E-state index is -0.938. The molecule has 6 heteroatoms. The Morgan fingerprint density at radius 1 is 0.909 bits per heavy atom. The molecule has 0 unspecified atom stereocenters. The van der Waals surface area contributed by atoms with Crippen LogP contribution in [0.2, 0.25) is 0 Å². The number of thiophene rings is 1. The molecule has 1 amide bonds. The van der Waals surface area contributed by atoms with Gasteiger partial charge in [0.15, 0.2) is 0 Å². The highest BCUT2D eigenvalue weighted by atomic mass is 32.1. The van der Waals surface area contributed by atoms with E-state index >= 15 is 0 Å². The summed E-state index contributed by atoms with van der Waals surface area (Å²) in [6.07, 6.45) is 0. The van der Waals surface area contributed by atoms with Crippen LogP contribution in [-0.2, 0) is 10.2 Å². The number of carbonyl (C=O) groups excluding carboxylic acids is 1. The molecule has 33 heavy (non-hydrogen) atoms. The molecule has 2 aromatic heterocycles. The summed E-state index contributed by atoms with van der Waals surface area (Å²) in [5.74, 6) is 0.838. The van der Waals surface area contributed by atoms with E-state index in [0.29, 0.717) is 11.7 Å². The number of aromatic nitrogens is 2. The molecule has 6 rings (SSSR count). The van der Waals surface area contributed by atoms with Gasteiger partial charge in [-0.1, -0.05) is 89.6 Å². The largest absolute Gasteiger partial charge is 0.333 e. The number of hydrogen-bond donors (Lipinski definition) is 1. The summed E-state index contributed by atoms with van der Waals surface area (Å²) < 4.78 is 5.64. The van der Waals surface area contributed by atoms with Crippen LogP contribution >= 0.6 is 11.3 Å². The average Bonchev–Trinajstić information content (AvgIpc) is 3.55. The molecule has 3 aromatic carbocycles. The van der Waals surface area contributed by atoms with Gasteiger partial charge in [0.05, 0.1) is 5.69 Å². The number of fused-ring (bicyclic) bond motifs is 1. The summed E-state index contributed by atoms with van der Waals surface area (Å²) in [6, 6.07) is 27.7. The highest BCUT2D eigenvalue weighted by molar-refractivity contribution is 7.14. The van der Waals surface area contributed by atoms with Crippen molar-refractivity contribution in [3.63, 3.8) is 0 Å². The fourth-order valence-electron chi connectivity index (χ4n) is 4.58. The van der Waals surface area contributed by atoms with Crippen LogP contribution in [0.25, 0.3) is 22.2 Å². The summed E-state index contributed by atoms with van der Waals surface area (Å²) >= 11 is 1.50. The van der Waals surface area contributed by atoms with Crippen molar-refractivity contribution in [1.82, 2.24) is 10.1 Å². The number of nitrogens with zero attached hydrogens (tertiary/aromatic N) is 2. The van der Waals surface area contributed by atoms with Crippen molar-refractivity contribution >= 4 is 22.9 Å². The smallest absolute Gasteiger partial charge is 0.270 e. The average molecular weight is 450 g/mol. The van der Waals surface area contributed by atoms with Crippen LogP contribution in [0.15, 0.2) is 94.8 Å². The molecule has 0 saturated carbocycles. The number of carbonyl (C=O) groups is 1. The lowest BCUT2D eigenvalue weighted by atomic mass is 9.71. The monoisotopic (exact) mass is 449 g/mol. The Bertz CT molecular complexity index is 1430. The molecular weight excluding hydrogens is 430 g/mol. The number of rotatable bonds is 4. The Hall–Kier alpha value is -4.03. The van der Waals surface area contributed by atoms with Crippen LogP contribution in [0.4, 0.5) is 5.69 Å². The lowest BCUT2D eigenvalue weighted by Crippen LogP contribution is -2.36. The van der Waals surface area contributed by atoms with Gasteiger partial charge in [-0.3, -0.25) is 4.79 Å². The first-order valence-electron chi connectivity index (χ1n) is 10.6. The molecule has 0 fully saturated rings. The Labute approximate surface area is 194 Å². The predicted molar refractivity (Wildman–Crippen MR) is 129 cm³/mol. The molecule has 0 atom stereocenters. The molecule has 1 N–H and O–H groups in total. The lowest BCUT2D eigenvalue weighted by Gasteiger charge is -2.28. The zero-order chi connectivity index (χ0) is 22.4. The molecule has 3 heterocycles. The summed E-state index contributed by atoms with van der Waals surface area (Å²) in [6.45, 7) is 2.03. The van der Waals surface area contributed by atoms with Crippen molar-refractivity contribution in [2.24, 2.45) is 0 Å². The lowest BCUT2D eigenvalue weighted by molar-refractivity contribution is -0.118. The van der Waals surface area contributed by atoms with Crippen LogP contribution < -0.4 is 5.32 Å². The van der Waals surface area contributed by atoms with E-state index in [1.165, 1.54) is 11.3 Å². The third kappa shape index (κ3) is 2.95. The molecule has 0 saturated heterocycles. The zero-order valence-corrected chi connectivity index (χ0v) is 18.6. The van der Waals surface area contributed by atoms with Crippen molar-refractivity contribution in [3.05, 3.63) is 113 Å². The molecule has 0 bridgehead atoms. The summed E-state index contributed by atoms with van der Waals surface area (Å²) in [5.41, 5.74) is 4.55. The zero-order valence-electron chi connectivity index (χ0n) is 17.8. The van der Waals surface area contributed by atoms with E-state index in [4.69, 9.17) is 4.52 Å². The van der Waals surface area contributed by atoms with Gasteiger partial charge in [-0.2, -0.15) is 4.98 Å². The van der Waals surface area contributed by atoms with Crippen LogP contribution in [0, 0.1) is 6.92 Å². The molecular formula is C27H19N3O2S. The van der Waals surface area contributed by atoms with E-state index in [9.17, 15) is 4.79 Å². The van der Waals surface area contributed by atoms with Gasteiger partial charge in [0.1, 0.15) is 10.3 Å². The molecule has 160 valence electrons. The highest BCUT2D eigenvalue weighted by Crippen LogP contribution is 2.53. The van der Waals surface area contributed by atoms with Crippen molar-refractivity contribution in [3.8, 4) is 22.2 Å². The molecule has 1 aliphatic rings. The van der Waals surface area contributed by atoms with Gasteiger partial charge in [0.25, 0.3) is 5.89 Å². The number of amides is 1. The standard InChI is InChI=1S/C27H19N3O2S/c1-17-9-8-10-18(15-17)24-29-25(32-30-24)23-22-21(16-33-23)27(26(31)28-22,19-11-4-2-5-12-19)20-13-6-3-7-14-20/h2-16H,1H3,(H,28,31). The van der Waals surface area contributed by atoms with Crippen LogP contribution in [0.1, 0.15) is 22.3 Å². The molecule has 5 aromatic rings. The van der Waals surface area contributed by atoms with Gasteiger partial charge in [-0.25, -0.2) is 0 Å². The number of anilines is 1. The van der Waals surface area contributed by atoms with E-state index in [-0.39, 0.29) is 5.91 Å². The van der Waals surface area contributed by atoms with Crippen molar-refractivity contribution in [1.29, 1.82) is 0 Å². The molecule has 0 aliphatic carbocycles. The quantitative estimate of drug-likeness (QED) is 0.362. The van der Waals surface area contributed by atoms with Crippen molar-refractivity contribution < 1.29 is 9.32 Å². The van der Waals surface area contributed by atoms with Crippen molar-refractivity contribution in [2.75, 3.05) is 5.32 Å². The summed E-state index contributed by atoms with van der Waals surface area (Å²) in [4.78, 5) is 19.1. The Kier molecular flexibility index (Phi) is 4.48. The van der Waals surface area contributed by atoms with Crippen LogP contribution in [0.3, 0.4) is 0 Å². The van der Waals surface area contributed by atoms with Gasteiger partial charge in [-0.15, -0.1) is 11.3 Å². The second-order valence-corrected chi connectivity index (χ2v) is 8.96. The summed E-state index contributed by atoms with van der Waals surface area (Å²) in [5, 5.41) is 9.35. The Morgan fingerprint density at radius 3 is 2.27 bits per heavy atom. The first-order chi connectivity index (χ1) is 16.2. The van der Waals surface area contributed by atoms with Gasteiger partial charge < -0.3 is 9.84 Å². The summed E-state index contributed by atoms with van der Waals surface area (Å²) in [7, 11) is 0. The fourth-order valence-corrected chi connectivity index (χ4v) is 5.57. The van der Waals surface area contributed by atoms with E-state index in [1.54, 1.807) is 0 Å². The predicted octanol–water partition coefficient (Wildman–Crippen LogP) is 6.06. The van der Waals surface area contributed by atoms with Crippen LogP contribution in [-0.4, -0.2) is 16.0 Å². The molecule has 5 nitrogen and oxygen atoms in total. The van der Waals surface area contributed by atoms with Gasteiger partial charge in [-0.05, 0) is 29.5 Å². The van der Waals surface area contributed by atoms with E-state index < -0.39 is 5.41 Å². The highest BCUT2D eigenvalue weighted by Gasteiger charge is 2.51. The van der Waals surface area contributed by atoms with Crippen molar-refractivity contribution in [2.45, 2.75) is 12.3 Å². The number of aryl methyl sites for hydroxylation is 1. The maximum absolute atomic E-state index is 13.7. The molecule has 0 radical (unpaired) electrons. The van der Waals surface area contributed by atoms with Gasteiger partial charge >= 0.3 is 0 Å². The van der Waals surface area contributed by atoms with Gasteiger partial charge in [0, 0.05) is 11.1 Å².